The van der Waals surface area contributed by atoms with Crippen LogP contribution in [0.15, 0.2) is 16.9 Å². The zero-order chi connectivity index (χ0) is 8.72. The highest BCUT2D eigenvalue weighted by Crippen LogP contribution is 2.23. The summed E-state index contributed by atoms with van der Waals surface area (Å²) in [6, 6.07) is 1.83. The number of nitrogens with zero attached hydrogens (tertiary/aromatic N) is 3. The van der Waals surface area contributed by atoms with Crippen molar-refractivity contribution in [3.8, 4) is 0 Å². The average molecular weight is 246 g/mol. The van der Waals surface area contributed by atoms with E-state index in [0.29, 0.717) is 5.28 Å². The summed E-state index contributed by atoms with van der Waals surface area (Å²) in [6.45, 7) is 0. The number of aromatic nitrogens is 3. The summed E-state index contributed by atoms with van der Waals surface area (Å²) in [5.41, 5.74) is 1.77. The van der Waals surface area contributed by atoms with E-state index in [-0.39, 0.29) is 0 Å². The first kappa shape index (κ1) is 8.01. The Morgan fingerprint density at radius 3 is 3.00 bits per heavy atom. The minimum Gasteiger partial charge on any atom is -0.316 e. The molecule has 62 valence electrons. The summed E-state index contributed by atoms with van der Waals surface area (Å²) in [7, 11) is 1.85. The highest BCUT2D eigenvalue weighted by Gasteiger charge is 2.08. The van der Waals surface area contributed by atoms with E-state index in [2.05, 4.69) is 25.9 Å². The predicted molar refractivity (Wildman–Crippen MR) is 51.2 cm³/mol. The van der Waals surface area contributed by atoms with E-state index in [1.807, 2.05) is 13.1 Å². The van der Waals surface area contributed by atoms with E-state index < -0.39 is 0 Å². The summed E-state index contributed by atoms with van der Waals surface area (Å²) in [5, 5.41) is 0.471. The standard InChI is InChI=1S/C7H5BrClN3/c1-12-5-4(11-7(12)9)2-3-10-6(5)8/h2-3H,1H3. The smallest absolute Gasteiger partial charge is 0.203 e. The van der Waals surface area contributed by atoms with Crippen LogP contribution in [-0.4, -0.2) is 14.5 Å². The molecule has 0 bridgehead atoms. The Kier molecular flexibility index (Phi) is 1.81. The van der Waals surface area contributed by atoms with Gasteiger partial charge in [-0.05, 0) is 33.6 Å². The van der Waals surface area contributed by atoms with Gasteiger partial charge in [0.2, 0.25) is 5.28 Å². The summed E-state index contributed by atoms with van der Waals surface area (Å²) in [5.74, 6) is 0. The second-order valence-corrected chi connectivity index (χ2v) is 3.50. The van der Waals surface area contributed by atoms with Gasteiger partial charge < -0.3 is 4.57 Å². The van der Waals surface area contributed by atoms with Crippen molar-refractivity contribution in [2.45, 2.75) is 0 Å². The highest BCUT2D eigenvalue weighted by molar-refractivity contribution is 9.10. The summed E-state index contributed by atoms with van der Waals surface area (Å²) >= 11 is 9.16. The molecule has 0 unspecified atom stereocenters. The van der Waals surface area contributed by atoms with Gasteiger partial charge in [-0.15, -0.1) is 0 Å². The van der Waals surface area contributed by atoms with E-state index in [0.717, 1.165) is 15.6 Å². The zero-order valence-electron chi connectivity index (χ0n) is 6.25. The predicted octanol–water partition coefficient (Wildman–Crippen LogP) is 2.38. The first-order valence-electron chi connectivity index (χ1n) is 3.32. The molecule has 0 fully saturated rings. The second kappa shape index (κ2) is 2.71. The van der Waals surface area contributed by atoms with Crippen LogP contribution in [0.1, 0.15) is 0 Å². The Morgan fingerprint density at radius 2 is 2.33 bits per heavy atom. The van der Waals surface area contributed by atoms with Crippen LogP contribution in [0, 0.1) is 0 Å². The molecule has 0 aliphatic heterocycles. The van der Waals surface area contributed by atoms with Gasteiger partial charge in [0.1, 0.15) is 10.1 Å². The van der Waals surface area contributed by atoms with Crippen molar-refractivity contribution in [1.29, 1.82) is 0 Å². The van der Waals surface area contributed by atoms with Crippen LogP contribution >= 0.6 is 27.5 Å². The molecule has 2 aromatic rings. The Bertz CT molecular complexity index is 437. The van der Waals surface area contributed by atoms with Crippen molar-refractivity contribution in [2.75, 3.05) is 0 Å². The number of fused-ring (bicyclic) bond motifs is 1. The largest absolute Gasteiger partial charge is 0.316 e. The van der Waals surface area contributed by atoms with Crippen molar-refractivity contribution in [3.63, 3.8) is 0 Å². The van der Waals surface area contributed by atoms with Crippen LogP contribution in [0.2, 0.25) is 5.28 Å². The van der Waals surface area contributed by atoms with Gasteiger partial charge in [0.25, 0.3) is 0 Å². The SMILES string of the molecule is Cn1c(Cl)nc2ccnc(Br)c21. The number of hydrogen-bond acceptors (Lipinski definition) is 2. The van der Waals surface area contributed by atoms with E-state index in [1.165, 1.54) is 0 Å². The van der Waals surface area contributed by atoms with Gasteiger partial charge in [0, 0.05) is 13.2 Å². The van der Waals surface area contributed by atoms with E-state index in [9.17, 15) is 0 Å². The van der Waals surface area contributed by atoms with Gasteiger partial charge in [-0.1, -0.05) is 0 Å². The lowest BCUT2D eigenvalue weighted by Crippen LogP contribution is -1.88. The van der Waals surface area contributed by atoms with Crippen LogP contribution < -0.4 is 0 Å². The Morgan fingerprint density at radius 1 is 1.58 bits per heavy atom. The Balaban J connectivity index is 2.97. The molecule has 2 heterocycles. The van der Waals surface area contributed by atoms with Crippen molar-refractivity contribution in [2.24, 2.45) is 7.05 Å². The van der Waals surface area contributed by atoms with Crippen molar-refractivity contribution < 1.29 is 0 Å². The van der Waals surface area contributed by atoms with Gasteiger partial charge in [-0.2, -0.15) is 0 Å². The first-order chi connectivity index (χ1) is 5.70. The van der Waals surface area contributed by atoms with Gasteiger partial charge in [0.05, 0.1) is 5.52 Å². The molecule has 0 saturated heterocycles. The van der Waals surface area contributed by atoms with Gasteiger partial charge >= 0.3 is 0 Å². The molecule has 0 saturated carbocycles. The number of pyridine rings is 1. The maximum Gasteiger partial charge on any atom is 0.203 e. The third-order valence-electron chi connectivity index (χ3n) is 1.68. The molecule has 5 heteroatoms. The molecule has 0 aliphatic carbocycles. The third kappa shape index (κ3) is 1.03. The highest BCUT2D eigenvalue weighted by atomic mass is 79.9. The normalized spacial score (nSPS) is 10.9. The van der Waals surface area contributed by atoms with Crippen LogP contribution in [-0.2, 0) is 7.05 Å². The van der Waals surface area contributed by atoms with Gasteiger partial charge in [-0.25, -0.2) is 9.97 Å². The maximum atomic E-state index is 5.83. The molecule has 0 radical (unpaired) electrons. The molecule has 2 aromatic heterocycles. The lowest BCUT2D eigenvalue weighted by molar-refractivity contribution is 0.942. The van der Waals surface area contributed by atoms with Gasteiger partial charge in [0.15, 0.2) is 0 Å². The van der Waals surface area contributed by atoms with E-state index >= 15 is 0 Å². The third-order valence-corrected chi connectivity index (χ3v) is 2.60. The van der Waals surface area contributed by atoms with Crippen LogP contribution in [0.5, 0.6) is 0 Å². The molecular weight excluding hydrogens is 241 g/mol. The zero-order valence-corrected chi connectivity index (χ0v) is 8.59. The Labute approximate surface area is 82.5 Å². The van der Waals surface area contributed by atoms with Crippen LogP contribution in [0.25, 0.3) is 11.0 Å². The maximum absolute atomic E-state index is 5.83. The molecule has 3 nitrogen and oxygen atoms in total. The number of aryl methyl sites for hydroxylation is 1. The van der Waals surface area contributed by atoms with Crippen LogP contribution in [0.4, 0.5) is 0 Å². The molecule has 12 heavy (non-hydrogen) atoms. The molecule has 0 N–H and O–H groups in total. The van der Waals surface area contributed by atoms with E-state index in [4.69, 9.17) is 11.6 Å². The first-order valence-corrected chi connectivity index (χ1v) is 4.49. The molecular formula is C7H5BrClN3. The fraction of sp³-hybridized carbons (Fsp3) is 0.143. The van der Waals surface area contributed by atoms with Crippen molar-refractivity contribution in [3.05, 3.63) is 22.1 Å². The topological polar surface area (TPSA) is 30.7 Å². The summed E-state index contributed by atoms with van der Waals surface area (Å²) in [4.78, 5) is 8.21. The van der Waals surface area contributed by atoms with Crippen molar-refractivity contribution in [1.82, 2.24) is 14.5 Å². The quantitative estimate of drug-likeness (QED) is 0.668. The number of imidazole rings is 1. The fourth-order valence-corrected chi connectivity index (χ4v) is 1.85. The molecule has 0 aromatic carbocycles. The van der Waals surface area contributed by atoms with Crippen LogP contribution in [0.3, 0.4) is 0 Å². The molecule has 0 aliphatic rings. The lowest BCUT2D eigenvalue weighted by Gasteiger charge is -1.95. The van der Waals surface area contributed by atoms with E-state index in [1.54, 1.807) is 10.8 Å². The lowest BCUT2D eigenvalue weighted by atomic mass is 10.4. The summed E-state index contributed by atoms with van der Waals surface area (Å²) in [6.07, 6.45) is 1.69. The number of rotatable bonds is 0. The number of halogens is 2. The molecule has 2 rings (SSSR count). The fourth-order valence-electron chi connectivity index (χ4n) is 1.09. The average Bonchev–Trinajstić information content (AvgIpc) is 2.29. The minimum absolute atomic E-state index is 0.471. The van der Waals surface area contributed by atoms with Gasteiger partial charge in [-0.3, -0.25) is 0 Å². The molecule has 0 spiro atoms. The number of hydrogen-bond donors (Lipinski definition) is 0. The second-order valence-electron chi connectivity index (χ2n) is 2.41. The molecule has 0 amide bonds. The summed E-state index contributed by atoms with van der Waals surface area (Å²) < 4.78 is 2.55. The minimum atomic E-state index is 0.471. The van der Waals surface area contributed by atoms with Crippen molar-refractivity contribution >= 4 is 38.6 Å². The molecule has 0 atom stereocenters. The monoisotopic (exact) mass is 245 g/mol. The Hall–Kier alpha value is -0.610.